The molecule has 2 aromatic rings. The van der Waals surface area contributed by atoms with Crippen molar-refractivity contribution in [3.8, 4) is 0 Å². The highest BCUT2D eigenvalue weighted by atomic mass is 127. The van der Waals surface area contributed by atoms with Crippen molar-refractivity contribution in [3.63, 3.8) is 0 Å². The van der Waals surface area contributed by atoms with Crippen molar-refractivity contribution in [2.75, 3.05) is 38.1 Å². The third-order valence-electron chi connectivity index (χ3n) is 4.57. The number of carbonyl (C=O) groups excluding carboxylic acids is 1. The fourth-order valence-electron chi connectivity index (χ4n) is 3.17. The molecule has 0 aromatic carbocycles. The van der Waals surface area contributed by atoms with Gasteiger partial charge in [0, 0.05) is 45.5 Å². The number of guanidine groups is 1. The summed E-state index contributed by atoms with van der Waals surface area (Å²) in [6.07, 6.45) is 4.36. The minimum atomic E-state index is 0. The first-order valence-corrected chi connectivity index (χ1v) is 8.66. The van der Waals surface area contributed by atoms with Crippen LogP contribution in [-0.2, 0) is 18.3 Å². The van der Waals surface area contributed by atoms with Gasteiger partial charge in [0.1, 0.15) is 12.3 Å². The molecule has 0 bridgehead atoms. The van der Waals surface area contributed by atoms with Gasteiger partial charge in [-0.2, -0.15) is 5.10 Å². The molecule has 27 heavy (non-hydrogen) atoms. The van der Waals surface area contributed by atoms with Crippen LogP contribution in [0.2, 0.25) is 0 Å². The quantitative estimate of drug-likeness (QED) is 0.395. The topological polar surface area (TPSA) is 91.8 Å². The SMILES string of the molecule is CN=C(NCCc1c(C)noc1C)N1CCN(c2cnn(C)c2)C(=O)C1.I. The normalized spacial score (nSPS) is 15.1. The monoisotopic (exact) mass is 487 g/mol. The summed E-state index contributed by atoms with van der Waals surface area (Å²) in [5.41, 5.74) is 2.86. The number of anilines is 1. The van der Waals surface area contributed by atoms with E-state index in [4.69, 9.17) is 4.52 Å². The summed E-state index contributed by atoms with van der Waals surface area (Å²) in [5, 5.41) is 11.4. The highest BCUT2D eigenvalue weighted by molar-refractivity contribution is 14.0. The van der Waals surface area contributed by atoms with Crippen molar-refractivity contribution in [2.45, 2.75) is 20.3 Å². The Balaban J connectivity index is 0.00000261. The van der Waals surface area contributed by atoms with Crippen molar-refractivity contribution in [3.05, 3.63) is 29.4 Å². The average molecular weight is 487 g/mol. The molecule has 0 unspecified atom stereocenters. The Morgan fingerprint density at radius 2 is 2.15 bits per heavy atom. The lowest BCUT2D eigenvalue weighted by Crippen LogP contribution is -2.55. The third kappa shape index (κ3) is 4.79. The summed E-state index contributed by atoms with van der Waals surface area (Å²) in [4.78, 5) is 20.6. The second kappa shape index (κ2) is 9.20. The predicted octanol–water partition coefficient (Wildman–Crippen LogP) is 1.11. The predicted molar refractivity (Wildman–Crippen MR) is 114 cm³/mol. The van der Waals surface area contributed by atoms with Gasteiger partial charge in [-0.3, -0.25) is 14.5 Å². The number of carbonyl (C=O) groups is 1. The van der Waals surface area contributed by atoms with Gasteiger partial charge in [0.05, 0.1) is 17.6 Å². The van der Waals surface area contributed by atoms with Gasteiger partial charge in [-0.25, -0.2) is 0 Å². The first kappa shape index (κ1) is 21.2. The van der Waals surface area contributed by atoms with E-state index in [1.807, 2.05) is 32.0 Å². The summed E-state index contributed by atoms with van der Waals surface area (Å²) in [5.74, 6) is 1.62. The largest absolute Gasteiger partial charge is 0.361 e. The first-order valence-electron chi connectivity index (χ1n) is 8.66. The first-order chi connectivity index (χ1) is 12.5. The number of nitrogens with one attached hydrogen (secondary N) is 1. The number of aliphatic imine (C=N–C) groups is 1. The maximum atomic E-state index is 12.5. The highest BCUT2D eigenvalue weighted by Crippen LogP contribution is 2.16. The number of hydrogen-bond acceptors (Lipinski definition) is 5. The maximum absolute atomic E-state index is 12.5. The summed E-state index contributed by atoms with van der Waals surface area (Å²) in [6.45, 7) is 6.17. The number of nitrogens with zero attached hydrogens (tertiary/aromatic N) is 6. The second-order valence-electron chi connectivity index (χ2n) is 6.37. The Kier molecular flexibility index (Phi) is 7.22. The van der Waals surface area contributed by atoms with E-state index >= 15 is 0 Å². The number of halogens is 1. The van der Waals surface area contributed by atoms with Crippen molar-refractivity contribution in [1.29, 1.82) is 0 Å². The molecule has 2 aromatic heterocycles. The maximum Gasteiger partial charge on any atom is 0.246 e. The molecule has 0 saturated carbocycles. The van der Waals surface area contributed by atoms with Crippen LogP contribution in [0, 0.1) is 13.8 Å². The Labute approximate surface area is 175 Å². The fourth-order valence-corrected chi connectivity index (χ4v) is 3.17. The van der Waals surface area contributed by atoms with E-state index in [1.54, 1.807) is 22.8 Å². The lowest BCUT2D eigenvalue weighted by Gasteiger charge is -2.35. The molecule has 3 heterocycles. The van der Waals surface area contributed by atoms with Crippen LogP contribution in [0.5, 0.6) is 0 Å². The lowest BCUT2D eigenvalue weighted by atomic mass is 10.1. The minimum Gasteiger partial charge on any atom is -0.361 e. The van der Waals surface area contributed by atoms with Crippen LogP contribution in [0.3, 0.4) is 0 Å². The van der Waals surface area contributed by atoms with E-state index in [2.05, 4.69) is 20.6 Å². The summed E-state index contributed by atoms with van der Waals surface area (Å²) in [7, 11) is 3.57. The molecule has 3 rings (SSSR count). The van der Waals surface area contributed by atoms with Gasteiger partial charge in [-0.1, -0.05) is 5.16 Å². The zero-order valence-corrected chi connectivity index (χ0v) is 18.4. The van der Waals surface area contributed by atoms with Gasteiger partial charge < -0.3 is 19.6 Å². The summed E-state index contributed by atoms with van der Waals surface area (Å²) in [6, 6.07) is 0. The Bertz CT molecular complexity index is 795. The number of piperazine rings is 1. The molecule has 0 atom stereocenters. The van der Waals surface area contributed by atoms with Crippen LogP contribution in [-0.4, -0.2) is 64.9 Å². The standard InChI is InChI=1S/C17H25N7O2.HI/c1-12-15(13(2)26-21-12)5-6-19-17(18-3)23-7-8-24(16(25)11-23)14-9-20-22(4)10-14;/h9-10H,5-8,11H2,1-4H3,(H,18,19);1H. The second-order valence-corrected chi connectivity index (χ2v) is 6.37. The van der Waals surface area contributed by atoms with E-state index in [1.165, 1.54) is 0 Å². The van der Waals surface area contributed by atoms with Gasteiger partial charge >= 0.3 is 0 Å². The molecule has 0 aliphatic carbocycles. The number of aromatic nitrogens is 3. The molecule has 1 amide bonds. The summed E-state index contributed by atoms with van der Waals surface area (Å²) >= 11 is 0. The molecule has 9 nitrogen and oxygen atoms in total. The molecule has 10 heteroatoms. The van der Waals surface area contributed by atoms with E-state index < -0.39 is 0 Å². The molecule has 1 fully saturated rings. The Hall–Kier alpha value is -2.11. The van der Waals surface area contributed by atoms with E-state index in [0.29, 0.717) is 26.2 Å². The fraction of sp³-hybridized carbons (Fsp3) is 0.529. The van der Waals surface area contributed by atoms with Crippen molar-refractivity contribution in [1.82, 2.24) is 25.2 Å². The van der Waals surface area contributed by atoms with E-state index in [-0.39, 0.29) is 29.9 Å². The Morgan fingerprint density at radius 1 is 1.37 bits per heavy atom. The van der Waals surface area contributed by atoms with Crippen LogP contribution in [0.25, 0.3) is 0 Å². The van der Waals surface area contributed by atoms with Gasteiger partial charge in [0.15, 0.2) is 5.96 Å². The zero-order chi connectivity index (χ0) is 18.7. The lowest BCUT2D eigenvalue weighted by molar-refractivity contribution is -0.120. The number of hydrogen-bond donors (Lipinski definition) is 1. The van der Waals surface area contributed by atoms with Crippen molar-refractivity contribution < 1.29 is 9.32 Å². The average Bonchev–Trinajstić information content (AvgIpc) is 3.18. The molecule has 1 aliphatic rings. The molecule has 0 spiro atoms. The molecule has 148 valence electrons. The molecular formula is C17H26IN7O2. The smallest absolute Gasteiger partial charge is 0.246 e. The van der Waals surface area contributed by atoms with Crippen LogP contribution < -0.4 is 10.2 Å². The van der Waals surface area contributed by atoms with Gasteiger partial charge in [-0.05, 0) is 20.3 Å². The molecular weight excluding hydrogens is 461 g/mol. The highest BCUT2D eigenvalue weighted by Gasteiger charge is 2.27. The summed E-state index contributed by atoms with van der Waals surface area (Å²) < 4.78 is 6.89. The van der Waals surface area contributed by atoms with E-state index in [9.17, 15) is 4.79 Å². The van der Waals surface area contributed by atoms with Crippen LogP contribution in [0.15, 0.2) is 21.9 Å². The van der Waals surface area contributed by atoms with Crippen LogP contribution in [0.1, 0.15) is 17.0 Å². The molecule has 1 saturated heterocycles. The van der Waals surface area contributed by atoms with Crippen LogP contribution >= 0.6 is 24.0 Å². The Morgan fingerprint density at radius 3 is 2.70 bits per heavy atom. The van der Waals surface area contributed by atoms with Gasteiger partial charge in [-0.15, -0.1) is 24.0 Å². The van der Waals surface area contributed by atoms with Gasteiger partial charge in [0.25, 0.3) is 0 Å². The third-order valence-corrected chi connectivity index (χ3v) is 4.57. The number of amides is 1. The molecule has 0 radical (unpaired) electrons. The molecule has 1 aliphatic heterocycles. The van der Waals surface area contributed by atoms with Crippen molar-refractivity contribution >= 4 is 41.5 Å². The van der Waals surface area contributed by atoms with Crippen LogP contribution in [0.4, 0.5) is 5.69 Å². The van der Waals surface area contributed by atoms with Gasteiger partial charge in [0.2, 0.25) is 5.91 Å². The van der Waals surface area contributed by atoms with E-state index in [0.717, 1.165) is 35.1 Å². The minimum absolute atomic E-state index is 0. The number of aryl methyl sites for hydroxylation is 3. The van der Waals surface area contributed by atoms with Crippen molar-refractivity contribution in [2.24, 2.45) is 12.0 Å². The number of rotatable bonds is 4. The molecule has 1 N–H and O–H groups in total. The zero-order valence-electron chi connectivity index (χ0n) is 16.1.